The highest BCUT2D eigenvalue weighted by Crippen LogP contribution is 2.16. The number of ether oxygens (including phenoxy) is 3. The first-order valence-electron chi connectivity index (χ1n) is 6.22. The average Bonchev–Trinajstić information content (AvgIpc) is 2.45. The number of rotatable bonds is 8. The zero-order chi connectivity index (χ0) is 13.8. The van der Waals surface area contributed by atoms with Crippen molar-refractivity contribution in [2.45, 2.75) is 6.42 Å². The van der Waals surface area contributed by atoms with Crippen molar-refractivity contribution in [3.63, 3.8) is 0 Å². The zero-order valence-corrected chi connectivity index (χ0v) is 11.9. The Morgan fingerprint density at radius 1 is 1.11 bits per heavy atom. The maximum Gasteiger partial charge on any atom is 0.134 e. The van der Waals surface area contributed by atoms with Crippen LogP contribution in [0.5, 0.6) is 5.75 Å². The van der Waals surface area contributed by atoms with Crippen LogP contribution < -0.4 is 4.74 Å². The molecule has 0 radical (unpaired) electrons. The fourth-order valence-electron chi connectivity index (χ4n) is 1.41. The van der Waals surface area contributed by atoms with Crippen LogP contribution in [0.25, 0.3) is 0 Å². The van der Waals surface area contributed by atoms with Crippen molar-refractivity contribution >= 4 is 11.6 Å². The Morgan fingerprint density at radius 2 is 1.95 bits per heavy atom. The molecule has 19 heavy (non-hydrogen) atoms. The first kappa shape index (κ1) is 15.8. The fraction of sp³-hybridized carbons (Fsp3) is 0.467. The highest BCUT2D eigenvalue weighted by molar-refractivity contribution is 6.19. The Morgan fingerprint density at radius 3 is 2.74 bits per heavy atom. The summed E-state index contributed by atoms with van der Waals surface area (Å²) in [4.78, 5) is 0. The molecule has 0 N–H and O–H groups in total. The van der Waals surface area contributed by atoms with Crippen LogP contribution in [0.2, 0.25) is 0 Å². The number of methoxy groups -OCH3 is 1. The SMILES string of the molecule is COCCOCCCOc1ccccc1C#CCCl. The van der Waals surface area contributed by atoms with Crippen LogP contribution in [0.1, 0.15) is 12.0 Å². The second-order valence-corrected chi connectivity index (χ2v) is 4.01. The number of hydrogen-bond acceptors (Lipinski definition) is 3. The van der Waals surface area contributed by atoms with Crippen LogP contribution in [0.4, 0.5) is 0 Å². The van der Waals surface area contributed by atoms with E-state index in [1.165, 1.54) is 0 Å². The molecular weight excluding hydrogens is 264 g/mol. The van der Waals surface area contributed by atoms with Crippen molar-refractivity contribution in [1.82, 2.24) is 0 Å². The second kappa shape index (κ2) is 10.7. The van der Waals surface area contributed by atoms with Gasteiger partial charge in [0.2, 0.25) is 0 Å². The molecule has 0 saturated carbocycles. The molecule has 0 aliphatic heterocycles. The molecule has 0 unspecified atom stereocenters. The van der Waals surface area contributed by atoms with Gasteiger partial charge in [-0.1, -0.05) is 24.0 Å². The van der Waals surface area contributed by atoms with E-state index in [1.807, 2.05) is 24.3 Å². The zero-order valence-electron chi connectivity index (χ0n) is 11.2. The summed E-state index contributed by atoms with van der Waals surface area (Å²) in [6, 6.07) is 7.68. The molecule has 104 valence electrons. The molecule has 0 aromatic heterocycles. The second-order valence-electron chi connectivity index (χ2n) is 3.74. The molecule has 1 rings (SSSR count). The highest BCUT2D eigenvalue weighted by Gasteiger charge is 1.99. The Balaban J connectivity index is 2.29. The van der Waals surface area contributed by atoms with Gasteiger partial charge in [0.1, 0.15) is 5.75 Å². The lowest BCUT2D eigenvalue weighted by atomic mass is 10.2. The third-order valence-electron chi connectivity index (χ3n) is 2.30. The summed E-state index contributed by atoms with van der Waals surface area (Å²) in [5, 5.41) is 0. The predicted molar refractivity (Wildman–Crippen MR) is 76.8 cm³/mol. The summed E-state index contributed by atoms with van der Waals surface area (Å²) in [5.41, 5.74) is 0.864. The molecule has 0 heterocycles. The van der Waals surface area contributed by atoms with Gasteiger partial charge < -0.3 is 14.2 Å². The van der Waals surface area contributed by atoms with E-state index >= 15 is 0 Å². The number of para-hydroxylation sites is 1. The Kier molecular flexibility index (Phi) is 8.91. The van der Waals surface area contributed by atoms with Gasteiger partial charge in [0.25, 0.3) is 0 Å². The highest BCUT2D eigenvalue weighted by atomic mass is 35.5. The van der Waals surface area contributed by atoms with E-state index in [4.69, 9.17) is 25.8 Å². The van der Waals surface area contributed by atoms with Gasteiger partial charge in [-0.05, 0) is 12.1 Å². The van der Waals surface area contributed by atoms with E-state index in [9.17, 15) is 0 Å². The van der Waals surface area contributed by atoms with E-state index in [2.05, 4.69) is 11.8 Å². The molecule has 0 atom stereocenters. The largest absolute Gasteiger partial charge is 0.492 e. The van der Waals surface area contributed by atoms with Gasteiger partial charge in [-0.25, -0.2) is 0 Å². The molecule has 1 aromatic rings. The molecule has 0 aliphatic carbocycles. The van der Waals surface area contributed by atoms with Gasteiger partial charge in [-0.2, -0.15) is 0 Å². The fourth-order valence-corrected chi connectivity index (χ4v) is 1.48. The minimum Gasteiger partial charge on any atom is -0.492 e. The lowest BCUT2D eigenvalue weighted by Crippen LogP contribution is -2.07. The monoisotopic (exact) mass is 282 g/mol. The van der Waals surface area contributed by atoms with Gasteiger partial charge in [0.05, 0.1) is 31.3 Å². The topological polar surface area (TPSA) is 27.7 Å². The van der Waals surface area contributed by atoms with Crippen molar-refractivity contribution in [2.75, 3.05) is 39.4 Å². The molecule has 4 heteroatoms. The Bertz CT molecular complexity index is 409. The van der Waals surface area contributed by atoms with Crippen molar-refractivity contribution < 1.29 is 14.2 Å². The summed E-state index contributed by atoms with van der Waals surface area (Å²) in [7, 11) is 1.66. The standard InChI is InChI=1S/C15H19ClO3/c1-17-12-13-18-10-5-11-19-15-8-3-2-6-14(15)7-4-9-16/h2-3,6,8H,5,9-13H2,1H3. The van der Waals surface area contributed by atoms with Crippen molar-refractivity contribution in [1.29, 1.82) is 0 Å². The first-order valence-corrected chi connectivity index (χ1v) is 6.75. The minimum atomic E-state index is 0.321. The normalized spacial score (nSPS) is 9.79. The summed E-state index contributed by atoms with van der Waals surface area (Å²) < 4.78 is 15.9. The lowest BCUT2D eigenvalue weighted by molar-refractivity contribution is 0.0644. The van der Waals surface area contributed by atoms with Crippen molar-refractivity contribution in [2.24, 2.45) is 0 Å². The number of alkyl halides is 1. The predicted octanol–water partition coefficient (Wildman–Crippen LogP) is 2.71. The van der Waals surface area contributed by atoms with Gasteiger partial charge in [0, 0.05) is 20.1 Å². The lowest BCUT2D eigenvalue weighted by Gasteiger charge is -2.08. The third kappa shape index (κ3) is 7.07. The van der Waals surface area contributed by atoms with E-state index in [1.54, 1.807) is 7.11 Å². The van der Waals surface area contributed by atoms with E-state index in [-0.39, 0.29) is 0 Å². The maximum absolute atomic E-state index is 5.68. The number of hydrogen-bond donors (Lipinski definition) is 0. The number of halogens is 1. The van der Waals surface area contributed by atoms with Crippen LogP contribution in [-0.4, -0.2) is 39.4 Å². The Labute approximate surface area is 119 Å². The van der Waals surface area contributed by atoms with E-state index < -0.39 is 0 Å². The van der Waals surface area contributed by atoms with E-state index in [0.717, 1.165) is 17.7 Å². The third-order valence-corrected chi connectivity index (χ3v) is 2.43. The van der Waals surface area contributed by atoms with Crippen LogP contribution in [-0.2, 0) is 9.47 Å². The smallest absolute Gasteiger partial charge is 0.134 e. The molecule has 0 fully saturated rings. The maximum atomic E-state index is 5.68. The molecule has 3 nitrogen and oxygen atoms in total. The summed E-state index contributed by atoms with van der Waals surface area (Å²) in [5.74, 6) is 6.91. The summed E-state index contributed by atoms with van der Waals surface area (Å²) in [6.07, 6.45) is 0.834. The molecule has 0 bridgehead atoms. The number of benzene rings is 1. The quantitative estimate of drug-likeness (QED) is 0.417. The van der Waals surface area contributed by atoms with Crippen LogP contribution in [0.3, 0.4) is 0 Å². The van der Waals surface area contributed by atoms with Gasteiger partial charge in [-0.15, -0.1) is 11.6 Å². The summed E-state index contributed by atoms with van der Waals surface area (Å²) in [6.45, 7) is 2.51. The molecular formula is C15H19ClO3. The van der Waals surface area contributed by atoms with Crippen LogP contribution >= 0.6 is 11.6 Å². The first-order chi connectivity index (χ1) is 9.38. The van der Waals surface area contributed by atoms with Crippen molar-refractivity contribution in [3.8, 4) is 17.6 Å². The molecule has 0 spiro atoms. The minimum absolute atomic E-state index is 0.321. The van der Waals surface area contributed by atoms with Gasteiger partial charge >= 0.3 is 0 Å². The molecule has 0 saturated heterocycles. The molecule has 1 aromatic carbocycles. The van der Waals surface area contributed by atoms with E-state index in [0.29, 0.717) is 32.3 Å². The van der Waals surface area contributed by atoms with Crippen LogP contribution in [0.15, 0.2) is 24.3 Å². The molecule has 0 amide bonds. The van der Waals surface area contributed by atoms with Gasteiger partial charge in [0.15, 0.2) is 0 Å². The average molecular weight is 283 g/mol. The Hall–Kier alpha value is -1.21. The van der Waals surface area contributed by atoms with Crippen LogP contribution in [0, 0.1) is 11.8 Å². The molecule has 0 aliphatic rings. The van der Waals surface area contributed by atoms with Crippen molar-refractivity contribution in [3.05, 3.63) is 29.8 Å². The summed E-state index contributed by atoms with van der Waals surface area (Å²) >= 11 is 5.55. The van der Waals surface area contributed by atoms with Gasteiger partial charge in [-0.3, -0.25) is 0 Å².